The summed E-state index contributed by atoms with van der Waals surface area (Å²) in [6, 6.07) is 10.7. The molecule has 0 N–H and O–H groups in total. The number of benzene rings is 1. The monoisotopic (exact) mass is 346 g/mol. The van der Waals surface area contributed by atoms with Gasteiger partial charge in [0.25, 0.3) is 0 Å². The van der Waals surface area contributed by atoms with Crippen molar-refractivity contribution in [2.45, 2.75) is 57.6 Å². The van der Waals surface area contributed by atoms with Crippen molar-refractivity contribution in [3.63, 3.8) is 0 Å². The Kier molecular flexibility index (Phi) is 5.38. The van der Waals surface area contributed by atoms with E-state index in [0.717, 1.165) is 32.5 Å². The quantitative estimate of drug-likeness (QED) is 0.773. The molecule has 0 radical (unpaired) electrons. The van der Waals surface area contributed by atoms with Crippen molar-refractivity contribution in [2.75, 3.05) is 19.6 Å². The van der Waals surface area contributed by atoms with Crippen LogP contribution in [0.1, 0.15) is 52.0 Å². The summed E-state index contributed by atoms with van der Waals surface area (Å²) >= 11 is -1.11. The molecule has 0 bridgehead atoms. The summed E-state index contributed by atoms with van der Waals surface area (Å²) in [5.41, 5.74) is 2.92. The fourth-order valence-corrected chi connectivity index (χ4v) is 4.40. The number of hydrogen-bond acceptors (Lipinski definition) is 3. The summed E-state index contributed by atoms with van der Waals surface area (Å²) in [5, 5.41) is 0. The van der Waals surface area contributed by atoms with E-state index in [0.29, 0.717) is 0 Å². The minimum Gasteiger partial charge on any atom is -0.591 e. The lowest BCUT2D eigenvalue weighted by atomic mass is 9.61. The van der Waals surface area contributed by atoms with Gasteiger partial charge in [0.2, 0.25) is 0 Å². The van der Waals surface area contributed by atoms with Crippen LogP contribution in [0.3, 0.4) is 0 Å². The molecule has 1 atom stereocenters. The molecule has 1 unspecified atom stereocenters. The van der Waals surface area contributed by atoms with E-state index in [-0.39, 0.29) is 10.2 Å². The molecule has 4 heteroatoms. The van der Waals surface area contributed by atoms with Crippen LogP contribution in [-0.2, 0) is 17.8 Å². The molecule has 1 spiro atoms. The highest BCUT2D eigenvalue weighted by molar-refractivity contribution is 7.91. The van der Waals surface area contributed by atoms with Crippen molar-refractivity contribution in [1.82, 2.24) is 4.90 Å². The van der Waals surface area contributed by atoms with Crippen molar-refractivity contribution in [3.8, 4) is 0 Å². The summed E-state index contributed by atoms with van der Waals surface area (Å²) in [6.07, 6.45) is 5.78. The third kappa shape index (κ3) is 4.04. The molecule has 3 nitrogen and oxygen atoms in total. The first-order chi connectivity index (χ1) is 11.4. The minimum atomic E-state index is -1.11. The van der Waals surface area contributed by atoms with Crippen LogP contribution >= 0.6 is 0 Å². The van der Waals surface area contributed by atoms with Gasteiger partial charge in [0.05, 0.1) is 5.71 Å². The first kappa shape index (κ1) is 18.0. The molecule has 24 heavy (non-hydrogen) atoms. The molecule has 2 aliphatic rings. The molecule has 0 aromatic heterocycles. The Hall–Kier alpha value is -0.840. The van der Waals surface area contributed by atoms with Gasteiger partial charge in [-0.05, 0) is 71.5 Å². The van der Waals surface area contributed by atoms with Crippen LogP contribution in [0.25, 0.3) is 0 Å². The number of nitrogens with zero attached hydrogens (tertiary/aromatic N) is 2. The highest BCUT2D eigenvalue weighted by Crippen LogP contribution is 2.47. The van der Waals surface area contributed by atoms with E-state index in [1.54, 1.807) is 0 Å². The van der Waals surface area contributed by atoms with E-state index in [2.05, 4.69) is 39.6 Å². The highest BCUT2D eigenvalue weighted by Gasteiger charge is 2.47. The van der Waals surface area contributed by atoms with E-state index in [9.17, 15) is 4.55 Å². The normalized spacial score (nSPS) is 24.1. The van der Waals surface area contributed by atoms with Gasteiger partial charge in [0, 0.05) is 12.0 Å². The lowest BCUT2D eigenvalue weighted by molar-refractivity contribution is 0.128. The second-order valence-corrected chi connectivity index (χ2v) is 10.2. The average molecular weight is 347 g/mol. The Balaban J connectivity index is 1.52. The molecule has 1 aromatic carbocycles. The molecule has 2 fully saturated rings. The third-order valence-corrected chi connectivity index (χ3v) is 6.98. The maximum absolute atomic E-state index is 12.3. The molecule has 1 aromatic rings. The third-order valence-electron chi connectivity index (χ3n) is 5.54. The fourth-order valence-electron chi connectivity index (χ4n) is 3.64. The van der Waals surface area contributed by atoms with Crippen molar-refractivity contribution in [3.05, 3.63) is 35.9 Å². The second-order valence-electron chi connectivity index (χ2n) is 8.26. The van der Waals surface area contributed by atoms with Gasteiger partial charge in [-0.25, -0.2) is 0 Å². The first-order valence-electron chi connectivity index (χ1n) is 9.15. The standard InChI is InChI=1S/C20H30N2OS/c1-19(2,3)24(23)21-18-9-11-20(18)12-15-22(16-13-20)14-10-17-7-5-4-6-8-17/h4-8H,9-16H2,1-3H3. The zero-order chi connectivity index (χ0) is 17.2. The molecule has 1 saturated heterocycles. The number of hydrogen-bond donors (Lipinski definition) is 0. The van der Waals surface area contributed by atoms with Crippen LogP contribution in [0.15, 0.2) is 34.7 Å². The number of rotatable bonds is 4. The SMILES string of the molecule is CC(C)(C)[S+]([O-])N=C1CCC12CCN(CCc1ccccc1)CC2. The second kappa shape index (κ2) is 7.19. The predicted molar refractivity (Wildman–Crippen MR) is 103 cm³/mol. The number of piperidine rings is 1. The fraction of sp³-hybridized carbons (Fsp3) is 0.650. The van der Waals surface area contributed by atoms with Crippen LogP contribution in [0.5, 0.6) is 0 Å². The molecule has 3 rings (SSSR count). The maximum atomic E-state index is 12.3. The number of likely N-dealkylation sites (tertiary alicyclic amines) is 1. The summed E-state index contributed by atoms with van der Waals surface area (Å²) in [7, 11) is 0. The molecular formula is C20H30N2OS. The Bertz CT molecular complexity index is 571. The highest BCUT2D eigenvalue weighted by atomic mass is 32.2. The van der Waals surface area contributed by atoms with E-state index in [4.69, 9.17) is 0 Å². The van der Waals surface area contributed by atoms with Gasteiger partial charge >= 0.3 is 0 Å². The van der Waals surface area contributed by atoms with Crippen molar-refractivity contribution < 1.29 is 4.55 Å². The van der Waals surface area contributed by atoms with Crippen LogP contribution in [0.4, 0.5) is 0 Å². The van der Waals surface area contributed by atoms with Gasteiger partial charge < -0.3 is 9.45 Å². The molecule has 132 valence electrons. The summed E-state index contributed by atoms with van der Waals surface area (Å²) in [6.45, 7) is 9.45. The van der Waals surface area contributed by atoms with Crippen molar-refractivity contribution in [2.24, 2.45) is 9.81 Å². The van der Waals surface area contributed by atoms with Crippen molar-refractivity contribution in [1.29, 1.82) is 0 Å². The van der Waals surface area contributed by atoms with Gasteiger partial charge in [-0.15, -0.1) is 0 Å². The van der Waals surface area contributed by atoms with Crippen LogP contribution in [0.2, 0.25) is 0 Å². The Morgan fingerprint density at radius 1 is 1.12 bits per heavy atom. The maximum Gasteiger partial charge on any atom is 0.144 e. The Labute approximate surface area is 149 Å². The summed E-state index contributed by atoms with van der Waals surface area (Å²) in [5.74, 6) is 0. The lowest BCUT2D eigenvalue weighted by Gasteiger charge is -2.48. The van der Waals surface area contributed by atoms with Gasteiger partial charge in [0.1, 0.15) is 16.1 Å². The van der Waals surface area contributed by atoms with Gasteiger partial charge in [0.15, 0.2) is 0 Å². The van der Waals surface area contributed by atoms with E-state index < -0.39 is 11.4 Å². The molecule has 0 amide bonds. The van der Waals surface area contributed by atoms with Gasteiger partial charge in [-0.3, -0.25) is 0 Å². The predicted octanol–water partition coefficient (Wildman–Crippen LogP) is 4.01. The van der Waals surface area contributed by atoms with Crippen molar-refractivity contribution >= 4 is 17.1 Å². The Morgan fingerprint density at radius 2 is 1.79 bits per heavy atom. The largest absolute Gasteiger partial charge is 0.591 e. The molecule has 1 aliphatic heterocycles. The summed E-state index contributed by atoms with van der Waals surface area (Å²) in [4.78, 5) is 2.58. The average Bonchev–Trinajstić information content (AvgIpc) is 2.57. The Morgan fingerprint density at radius 3 is 2.33 bits per heavy atom. The zero-order valence-electron chi connectivity index (χ0n) is 15.3. The van der Waals surface area contributed by atoms with E-state index in [1.807, 2.05) is 20.8 Å². The minimum absolute atomic E-state index is 0.250. The first-order valence-corrected chi connectivity index (χ1v) is 10.3. The van der Waals surface area contributed by atoms with E-state index >= 15 is 0 Å². The lowest BCUT2D eigenvalue weighted by Crippen LogP contribution is -2.50. The summed E-state index contributed by atoms with van der Waals surface area (Å²) < 4.78 is 16.7. The smallest absolute Gasteiger partial charge is 0.144 e. The van der Waals surface area contributed by atoms with Crippen LogP contribution < -0.4 is 0 Å². The molecule has 1 heterocycles. The van der Waals surface area contributed by atoms with E-state index in [1.165, 1.54) is 30.5 Å². The van der Waals surface area contributed by atoms with Crippen LogP contribution in [0, 0.1) is 5.41 Å². The molecule has 1 aliphatic carbocycles. The topological polar surface area (TPSA) is 38.7 Å². The molecular weight excluding hydrogens is 316 g/mol. The zero-order valence-corrected chi connectivity index (χ0v) is 16.1. The van der Waals surface area contributed by atoms with Crippen LogP contribution in [-0.4, -0.2) is 39.5 Å². The van der Waals surface area contributed by atoms with Gasteiger partial charge in [-0.2, -0.15) is 0 Å². The van der Waals surface area contributed by atoms with Gasteiger partial charge in [-0.1, -0.05) is 34.7 Å². The molecule has 1 saturated carbocycles.